The summed E-state index contributed by atoms with van der Waals surface area (Å²) in [6.45, 7) is 0. The maximum absolute atomic E-state index is 11.2. The van der Waals surface area contributed by atoms with Gasteiger partial charge in [0, 0.05) is 30.7 Å². The van der Waals surface area contributed by atoms with Crippen molar-refractivity contribution in [2.75, 3.05) is 12.4 Å². The molecule has 0 radical (unpaired) electrons. The van der Waals surface area contributed by atoms with E-state index in [1.54, 1.807) is 25.5 Å². The maximum Gasteiger partial charge on any atom is 0.340 e. The number of nitrogens with zero attached hydrogens (tertiary/aromatic N) is 1. The van der Waals surface area contributed by atoms with Gasteiger partial charge in [-0.25, -0.2) is 9.78 Å². The van der Waals surface area contributed by atoms with E-state index in [0.717, 1.165) is 5.69 Å². The Morgan fingerprint density at radius 1 is 1.50 bits per heavy atom. The molecule has 82 valence electrons. The lowest BCUT2D eigenvalue weighted by Gasteiger charge is -2.08. The Kier molecular flexibility index (Phi) is 2.59. The molecule has 0 amide bonds. The number of aromatic amines is 1. The van der Waals surface area contributed by atoms with E-state index in [4.69, 9.17) is 0 Å². The summed E-state index contributed by atoms with van der Waals surface area (Å²) in [6, 6.07) is 5.32. The first kappa shape index (κ1) is 10.2. The van der Waals surface area contributed by atoms with Crippen LogP contribution in [0.4, 0.5) is 5.82 Å². The van der Waals surface area contributed by atoms with Crippen molar-refractivity contribution in [2.45, 2.75) is 0 Å². The molecule has 16 heavy (non-hydrogen) atoms. The minimum atomic E-state index is -0.998. The average Bonchev–Trinajstić information content (AvgIpc) is 2.81. The first-order chi connectivity index (χ1) is 7.74. The zero-order valence-corrected chi connectivity index (χ0v) is 8.69. The number of pyridine rings is 1. The standard InChI is InChI=1S/C11H11N3O2/c1-12-10-9(11(15)16)7(4-6-14-10)8-3-2-5-13-8/h2-6,13H,1H3,(H,12,14)(H,15,16). The molecule has 0 aliphatic heterocycles. The van der Waals surface area contributed by atoms with Crippen molar-refractivity contribution in [2.24, 2.45) is 0 Å². The minimum Gasteiger partial charge on any atom is -0.478 e. The van der Waals surface area contributed by atoms with E-state index in [-0.39, 0.29) is 5.56 Å². The Labute approximate surface area is 92.2 Å². The summed E-state index contributed by atoms with van der Waals surface area (Å²) in [5, 5.41) is 12.0. The summed E-state index contributed by atoms with van der Waals surface area (Å²) in [4.78, 5) is 18.2. The fraction of sp³-hybridized carbons (Fsp3) is 0.0909. The van der Waals surface area contributed by atoms with Crippen molar-refractivity contribution in [1.29, 1.82) is 0 Å². The number of carboxylic acids is 1. The Bertz CT molecular complexity index is 506. The number of rotatable bonds is 3. The molecule has 5 heteroatoms. The zero-order valence-electron chi connectivity index (χ0n) is 8.69. The number of carbonyl (C=O) groups is 1. The van der Waals surface area contributed by atoms with Gasteiger partial charge in [0.1, 0.15) is 11.4 Å². The second-order valence-electron chi connectivity index (χ2n) is 3.22. The number of nitrogens with one attached hydrogen (secondary N) is 2. The summed E-state index contributed by atoms with van der Waals surface area (Å²) in [5.41, 5.74) is 1.56. The van der Waals surface area contributed by atoms with Gasteiger partial charge in [-0.15, -0.1) is 0 Å². The van der Waals surface area contributed by atoms with Gasteiger partial charge in [0.2, 0.25) is 0 Å². The van der Waals surface area contributed by atoms with Crippen LogP contribution >= 0.6 is 0 Å². The van der Waals surface area contributed by atoms with Gasteiger partial charge < -0.3 is 15.4 Å². The van der Waals surface area contributed by atoms with Crippen molar-refractivity contribution in [3.63, 3.8) is 0 Å². The molecule has 0 bridgehead atoms. The van der Waals surface area contributed by atoms with Gasteiger partial charge in [-0.3, -0.25) is 0 Å². The van der Waals surface area contributed by atoms with Crippen LogP contribution in [0.25, 0.3) is 11.3 Å². The van der Waals surface area contributed by atoms with Crippen LogP contribution < -0.4 is 5.32 Å². The third-order valence-corrected chi connectivity index (χ3v) is 2.29. The Balaban J connectivity index is 2.65. The number of hydrogen-bond acceptors (Lipinski definition) is 3. The second-order valence-corrected chi connectivity index (χ2v) is 3.22. The normalized spacial score (nSPS) is 10.1. The lowest BCUT2D eigenvalue weighted by molar-refractivity contribution is 0.0698. The molecule has 0 aliphatic carbocycles. The Morgan fingerprint density at radius 3 is 2.88 bits per heavy atom. The molecule has 0 aromatic carbocycles. The van der Waals surface area contributed by atoms with E-state index in [0.29, 0.717) is 11.4 Å². The molecule has 2 rings (SSSR count). The predicted octanol–water partition coefficient (Wildman–Crippen LogP) is 1.82. The quantitative estimate of drug-likeness (QED) is 0.732. The monoisotopic (exact) mass is 217 g/mol. The molecule has 0 saturated heterocycles. The number of carboxylic acid groups (broad SMARTS) is 1. The number of aromatic carboxylic acids is 1. The lowest BCUT2D eigenvalue weighted by Crippen LogP contribution is -2.07. The molecule has 2 heterocycles. The van der Waals surface area contributed by atoms with Crippen molar-refractivity contribution in [3.05, 3.63) is 36.2 Å². The van der Waals surface area contributed by atoms with E-state index in [9.17, 15) is 9.90 Å². The highest BCUT2D eigenvalue weighted by atomic mass is 16.4. The van der Waals surface area contributed by atoms with E-state index < -0.39 is 5.97 Å². The van der Waals surface area contributed by atoms with E-state index in [2.05, 4.69) is 15.3 Å². The molecule has 0 atom stereocenters. The second kappa shape index (κ2) is 4.06. The van der Waals surface area contributed by atoms with Crippen molar-refractivity contribution >= 4 is 11.8 Å². The number of H-pyrrole nitrogens is 1. The Hall–Kier alpha value is -2.30. The SMILES string of the molecule is CNc1nccc(-c2ccc[nH]2)c1C(=O)O. The molecule has 0 fully saturated rings. The van der Waals surface area contributed by atoms with Crippen molar-refractivity contribution < 1.29 is 9.90 Å². The average molecular weight is 217 g/mol. The van der Waals surface area contributed by atoms with Gasteiger partial charge in [-0.2, -0.15) is 0 Å². The Morgan fingerprint density at radius 2 is 2.31 bits per heavy atom. The first-order valence-electron chi connectivity index (χ1n) is 4.78. The fourth-order valence-electron chi connectivity index (χ4n) is 1.59. The van der Waals surface area contributed by atoms with Crippen LogP contribution in [0, 0.1) is 0 Å². The highest BCUT2D eigenvalue weighted by Crippen LogP contribution is 2.26. The smallest absolute Gasteiger partial charge is 0.340 e. The zero-order chi connectivity index (χ0) is 11.5. The van der Waals surface area contributed by atoms with Crippen LogP contribution in [0.5, 0.6) is 0 Å². The highest BCUT2D eigenvalue weighted by molar-refractivity contribution is 6.00. The third-order valence-electron chi connectivity index (χ3n) is 2.29. The molecule has 2 aromatic heterocycles. The third kappa shape index (κ3) is 1.63. The maximum atomic E-state index is 11.2. The van der Waals surface area contributed by atoms with Crippen molar-refractivity contribution in [1.82, 2.24) is 9.97 Å². The largest absolute Gasteiger partial charge is 0.478 e. The topological polar surface area (TPSA) is 78.0 Å². The van der Waals surface area contributed by atoms with E-state index >= 15 is 0 Å². The van der Waals surface area contributed by atoms with Crippen LogP contribution in [0.3, 0.4) is 0 Å². The van der Waals surface area contributed by atoms with Crippen LogP contribution in [0.2, 0.25) is 0 Å². The molecule has 0 spiro atoms. The predicted molar refractivity (Wildman–Crippen MR) is 60.5 cm³/mol. The highest BCUT2D eigenvalue weighted by Gasteiger charge is 2.17. The molecule has 2 aromatic rings. The molecule has 0 unspecified atom stereocenters. The van der Waals surface area contributed by atoms with Crippen LogP contribution in [-0.2, 0) is 0 Å². The first-order valence-corrected chi connectivity index (χ1v) is 4.78. The summed E-state index contributed by atoms with van der Waals surface area (Å²) in [6.07, 6.45) is 3.33. The van der Waals surface area contributed by atoms with Gasteiger partial charge in [-0.1, -0.05) is 0 Å². The molecular formula is C11H11N3O2. The molecular weight excluding hydrogens is 206 g/mol. The molecule has 5 nitrogen and oxygen atoms in total. The number of anilines is 1. The van der Waals surface area contributed by atoms with Gasteiger partial charge >= 0.3 is 5.97 Å². The van der Waals surface area contributed by atoms with E-state index in [1.165, 1.54) is 0 Å². The van der Waals surface area contributed by atoms with Gasteiger partial charge in [0.05, 0.1) is 0 Å². The summed E-state index contributed by atoms with van der Waals surface area (Å²) in [5.74, 6) is -0.637. The van der Waals surface area contributed by atoms with Gasteiger partial charge in [0.25, 0.3) is 0 Å². The molecule has 0 aliphatic rings. The minimum absolute atomic E-state index is 0.174. The number of hydrogen-bond donors (Lipinski definition) is 3. The van der Waals surface area contributed by atoms with E-state index in [1.807, 2.05) is 12.1 Å². The summed E-state index contributed by atoms with van der Waals surface area (Å²) >= 11 is 0. The van der Waals surface area contributed by atoms with Gasteiger partial charge in [0.15, 0.2) is 0 Å². The van der Waals surface area contributed by atoms with Crippen LogP contribution in [0.1, 0.15) is 10.4 Å². The summed E-state index contributed by atoms with van der Waals surface area (Å²) in [7, 11) is 1.65. The fourth-order valence-corrected chi connectivity index (χ4v) is 1.59. The molecule has 3 N–H and O–H groups in total. The number of aromatic nitrogens is 2. The molecule has 0 saturated carbocycles. The van der Waals surface area contributed by atoms with Crippen molar-refractivity contribution in [3.8, 4) is 11.3 Å². The summed E-state index contributed by atoms with van der Waals surface area (Å²) < 4.78 is 0. The van der Waals surface area contributed by atoms with Gasteiger partial charge in [-0.05, 0) is 18.2 Å². The van der Waals surface area contributed by atoms with Crippen LogP contribution in [0.15, 0.2) is 30.6 Å². The lowest BCUT2D eigenvalue weighted by atomic mass is 10.1. The van der Waals surface area contributed by atoms with Crippen LogP contribution in [-0.4, -0.2) is 28.1 Å².